The third kappa shape index (κ3) is 4.91. The van der Waals surface area contributed by atoms with Gasteiger partial charge in [-0.3, -0.25) is 5.41 Å². The first-order valence-corrected chi connectivity index (χ1v) is 5.47. The van der Waals surface area contributed by atoms with Crippen molar-refractivity contribution in [2.75, 3.05) is 26.4 Å². The Morgan fingerprint density at radius 2 is 2.00 bits per heavy atom. The lowest BCUT2D eigenvalue weighted by atomic mass is 10.0. The molecule has 0 aromatic rings. The summed E-state index contributed by atoms with van der Waals surface area (Å²) in [5, 5.41) is 6.89. The molecule has 1 rings (SSSR count). The third-order valence-corrected chi connectivity index (χ3v) is 2.75. The molecule has 4 nitrogen and oxygen atoms in total. The van der Waals surface area contributed by atoms with Gasteiger partial charge in [0, 0.05) is 19.8 Å². The highest BCUT2D eigenvalue weighted by atomic mass is 19.4. The molecule has 3 N–H and O–H groups in total. The Labute approximate surface area is 97.8 Å². The minimum atomic E-state index is -4.51. The molecule has 0 radical (unpaired) electrons. The number of nitrogens with one attached hydrogen (secondary N) is 1. The summed E-state index contributed by atoms with van der Waals surface area (Å²) in [7, 11) is 0. The maximum absolute atomic E-state index is 12.4. The zero-order chi connectivity index (χ0) is 12.9. The zero-order valence-corrected chi connectivity index (χ0v) is 9.43. The number of hydrogen-bond donors (Lipinski definition) is 2. The molecule has 1 aliphatic heterocycles. The van der Waals surface area contributed by atoms with E-state index in [1.54, 1.807) is 0 Å². The van der Waals surface area contributed by atoms with Crippen LogP contribution in [0.15, 0.2) is 0 Å². The van der Waals surface area contributed by atoms with Gasteiger partial charge in [-0.05, 0) is 18.8 Å². The second-order valence-corrected chi connectivity index (χ2v) is 4.14. The largest absolute Gasteiger partial charge is 0.400 e. The molecule has 7 heteroatoms. The normalized spacial score (nSPS) is 20.2. The van der Waals surface area contributed by atoms with Crippen molar-refractivity contribution < 1.29 is 22.6 Å². The smallest absolute Gasteiger partial charge is 0.387 e. The van der Waals surface area contributed by atoms with Crippen LogP contribution in [0.4, 0.5) is 13.2 Å². The third-order valence-electron chi connectivity index (χ3n) is 2.75. The van der Waals surface area contributed by atoms with Crippen molar-refractivity contribution >= 4 is 5.84 Å². The van der Waals surface area contributed by atoms with E-state index in [4.69, 9.17) is 20.6 Å². The van der Waals surface area contributed by atoms with Crippen LogP contribution < -0.4 is 5.73 Å². The van der Waals surface area contributed by atoms with E-state index < -0.39 is 24.5 Å². The zero-order valence-electron chi connectivity index (χ0n) is 9.43. The Kier molecular flexibility index (Phi) is 5.20. The first-order valence-electron chi connectivity index (χ1n) is 5.47. The van der Waals surface area contributed by atoms with Gasteiger partial charge in [0.1, 0.15) is 11.8 Å². The molecule has 1 atom stereocenters. The minimum absolute atomic E-state index is 0.240. The fraction of sp³-hybridized carbons (Fsp3) is 0.900. The molecule has 0 spiro atoms. The van der Waals surface area contributed by atoms with E-state index in [0.29, 0.717) is 13.2 Å². The van der Waals surface area contributed by atoms with Gasteiger partial charge in [0.05, 0.1) is 6.61 Å². The van der Waals surface area contributed by atoms with Crippen LogP contribution in [0.5, 0.6) is 0 Å². The molecule has 1 unspecified atom stereocenters. The molecule has 0 aromatic carbocycles. The highest BCUT2D eigenvalue weighted by Gasteiger charge is 2.42. The molecule has 1 saturated heterocycles. The molecule has 1 fully saturated rings. The number of ether oxygens (including phenoxy) is 2. The van der Waals surface area contributed by atoms with Gasteiger partial charge in [-0.2, -0.15) is 13.2 Å². The van der Waals surface area contributed by atoms with Crippen molar-refractivity contribution in [3.05, 3.63) is 0 Å². The molecule has 17 heavy (non-hydrogen) atoms. The lowest BCUT2D eigenvalue weighted by Gasteiger charge is -2.24. The van der Waals surface area contributed by atoms with Crippen molar-refractivity contribution in [2.45, 2.75) is 19.0 Å². The first-order chi connectivity index (χ1) is 7.91. The molecule has 0 aromatic heterocycles. The van der Waals surface area contributed by atoms with Gasteiger partial charge in [0.15, 0.2) is 0 Å². The van der Waals surface area contributed by atoms with Gasteiger partial charge >= 0.3 is 6.18 Å². The maximum atomic E-state index is 12.4. The summed E-state index contributed by atoms with van der Waals surface area (Å²) in [4.78, 5) is 0. The van der Waals surface area contributed by atoms with Gasteiger partial charge in [-0.1, -0.05) is 0 Å². The molecule has 0 bridgehead atoms. The van der Waals surface area contributed by atoms with Gasteiger partial charge in [-0.15, -0.1) is 0 Å². The summed E-state index contributed by atoms with van der Waals surface area (Å²) in [5.74, 6) is -2.66. The second kappa shape index (κ2) is 6.20. The Balaban J connectivity index is 2.29. The number of amidine groups is 1. The number of halogens is 3. The molecule has 1 heterocycles. The average molecular weight is 254 g/mol. The number of rotatable bonds is 5. The fourth-order valence-electron chi connectivity index (χ4n) is 1.63. The van der Waals surface area contributed by atoms with Crippen LogP contribution in [0.1, 0.15) is 12.8 Å². The van der Waals surface area contributed by atoms with E-state index in [2.05, 4.69) is 0 Å². The van der Waals surface area contributed by atoms with Gasteiger partial charge < -0.3 is 15.2 Å². The monoisotopic (exact) mass is 254 g/mol. The summed E-state index contributed by atoms with van der Waals surface area (Å²) in [6.07, 6.45) is -2.91. The lowest BCUT2D eigenvalue weighted by Crippen LogP contribution is -2.39. The number of alkyl halides is 3. The quantitative estimate of drug-likeness (QED) is 0.577. The highest BCUT2D eigenvalue weighted by molar-refractivity contribution is 5.80. The van der Waals surface area contributed by atoms with Crippen molar-refractivity contribution in [2.24, 2.45) is 17.6 Å². The second-order valence-electron chi connectivity index (χ2n) is 4.14. The van der Waals surface area contributed by atoms with Crippen LogP contribution in [-0.2, 0) is 9.47 Å². The Bertz CT molecular complexity index is 252. The van der Waals surface area contributed by atoms with Crippen molar-refractivity contribution in [1.82, 2.24) is 0 Å². The van der Waals surface area contributed by atoms with Gasteiger partial charge in [0.25, 0.3) is 0 Å². The lowest BCUT2D eigenvalue weighted by molar-refractivity contribution is -0.169. The van der Waals surface area contributed by atoms with E-state index in [1.807, 2.05) is 0 Å². The standard InChI is InChI=1S/C10H17F3N2O2/c11-10(12,13)8(9(14)15)6-17-5-7-1-3-16-4-2-7/h7-8H,1-6H2,(H3,14,15). The maximum Gasteiger partial charge on any atom is 0.400 e. The van der Waals surface area contributed by atoms with E-state index in [1.165, 1.54) is 0 Å². The van der Waals surface area contributed by atoms with E-state index >= 15 is 0 Å². The summed E-state index contributed by atoms with van der Waals surface area (Å²) >= 11 is 0. The molecular formula is C10H17F3N2O2. The van der Waals surface area contributed by atoms with Gasteiger partial charge in [-0.25, -0.2) is 0 Å². The van der Waals surface area contributed by atoms with Crippen molar-refractivity contribution in [3.63, 3.8) is 0 Å². The Morgan fingerprint density at radius 1 is 1.41 bits per heavy atom. The summed E-state index contributed by atoms with van der Waals surface area (Å²) in [5.41, 5.74) is 4.91. The Hall–Kier alpha value is -0.820. The van der Waals surface area contributed by atoms with Gasteiger partial charge in [0.2, 0.25) is 0 Å². The number of hydrogen-bond acceptors (Lipinski definition) is 3. The van der Waals surface area contributed by atoms with Crippen LogP contribution in [0, 0.1) is 17.2 Å². The molecular weight excluding hydrogens is 237 g/mol. The summed E-state index contributed by atoms with van der Waals surface area (Å²) in [6.45, 7) is 0.951. The minimum Gasteiger partial charge on any atom is -0.387 e. The average Bonchev–Trinajstić information content (AvgIpc) is 2.23. The van der Waals surface area contributed by atoms with Crippen LogP contribution in [-0.4, -0.2) is 38.4 Å². The van der Waals surface area contributed by atoms with E-state index in [0.717, 1.165) is 12.8 Å². The summed E-state index contributed by atoms with van der Waals surface area (Å²) < 4.78 is 47.4. The van der Waals surface area contributed by atoms with Crippen molar-refractivity contribution in [1.29, 1.82) is 5.41 Å². The predicted octanol–water partition coefficient (Wildman–Crippen LogP) is 1.54. The summed E-state index contributed by atoms with van der Waals surface area (Å²) in [6, 6.07) is 0. The first kappa shape index (κ1) is 14.2. The van der Waals surface area contributed by atoms with Crippen LogP contribution >= 0.6 is 0 Å². The predicted molar refractivity (Wildman–Crippen MR) is 55.8 cm³/mol. The molecule has 100 valence electrons. The topological polar surface area (TPSA) is 68.3 Å². The van der Waals surface area contributed by atoms with Crippen LogP contribution in [0.25, 0.3) is 0 Å². The Morgan fingerprint density at radius 3 is 2.47 bits per heavy atom. The molecule has 1 aliphatic rings. The van der Waals surface area contributed by atoms with E-state index in [9.17, 15) is 13.2 Å². The molecule has 0 saturated carbocycles. The van der Waals surface area contributed by atoms with Crippen molar-refractivity contribution in [3.8, 4) is 0 Å². The highest BCUT2D eigenvalue weighted by Crippen LogP contribution is 2.26. The molecule has 0 amide bonds. The number of nitrogens with two attached hydrogens (primary N) is 1. The SMILES string of the molecule is N=C(N)C(COCC1CCOCC1)C(F)(F)F. The fourth-order valence-corrected chi connectivity index (χ4v) is 1.63. The molecule has 0 aliphatic carbocycles. The van der Waals surface area contributed by atoms with E-state index in [-0.39, 0.29) is 12.5 Å². The van der Waals surface area contributed by atoms with Crippen LogP contribution in [0.3, 0.4) is 0 Å². The van der Waals surface area contributed by atoms with Crippen LogP contribution in [0.2, 0.25) is 0 Å².